The van der Waals surface area contributed by atoms with E-state index in [-0.39, 0.29) is 36.6 Å². The Kier molecular flexibility index (Phi) is 7.30. The third kappa shape index (κ3) is 5.10. The van der Waals surface area contributed by atoms with Crippen LogP contribution in [0.4, 0.5) is 5.82 Å². The maximum atomic E-state index is 12.9. The molecule has 2 aromatic rings. The van der Waals surface area contributed by atoms with Gasteiger partial charge in [-0.3, -0.25) is 9.13 Å². The van der Waals surface area contributed by atoms with Crippen molar-refractivity contribution in [2.24, 2.45) is 16.7 Å². The zero-order valence-corrected chi connectivity index (χ0v) is 25.3. The second-order valence-electron chi connectivity index (χ2n) is 13.2. The molecule has 0 spiro atoms. The van der Waals surface area contributed by atoms with Crippen LogP contribution in [0.3, 0.4) is 0 Å². The van der Waals surface area contributed by atoms with E-state index in [1.54, 1.807) is 18.4 Å². The van der Waals surface area contributed by atoms with Gasteiger partial charge in [-0.15, -0.1) is 0 Å². The smallest absolute Gasteiger partial charge is 0.330 e. The van der Waals surface area contributed by atoms with Crippen molar-refractivity contribution in [3.8, 4) is 0 Å². The first-order valence-corrected chi connectivity index (χ1v) is 16.6. The van der Waals surface area contributed by atoms with Crippen molar-refractivity contribution in [1.29, 1.82) is 0 Å². The Morgan fingerprint density at radius 2 is 1.77 bits per heavy atom. The number of aliphatic hydroxyl groups excluding tert-OH is 2. The summed E-state index contributed by atoms with van der Waals surface area (Å²) < 4.78 is 31.3. The number of aliphatic hydroxyl groups is 2. The molecule has 5 fully saturated rings. The molecule has 11 nitrogen and oxygen atoms in total. The van der Waals surface area contributed by atoms with Crippen LogP contribution in [-0.2, 0) is 18.3 Å². The van der Waals surface area contributed by atoms with E-state index in [0.29, 0.717) is 33.7 Å². The molecule has 222 valence electrons. The molecule has 2 unspecified atom stereocenters. The van der Waals surface area contributed by atoms with E-state index >= 15 is 0 Å². The van der Waals surface area contributed by atoms with Gasteiger partial charge in [0, 0.05) is 5.54 Å². The lowest BCUT2D eigenvalue weighted by Gasteiger charge is -2.65. The maximum absolute atomic E-state index is 12.9. The van der Waals surface area contributed by atoms with Crippen LogP contribution in [0, 0.1) is 16.7 Å². The lowest BCUT2D eigenvalue weighted by Crippen LogP contribution is -2.61. The first-order chi connectivity index (χ1) is 18.9. The summed E-state index contributed by atoms with van der Waals surface area (Å²) in [4.78, 5) is 13.6. The minimum atomic E-state index is -3.33. The van der Waals surface area contributed by atoms with Crippen molar-refractivity contribution < 1.29 is 28.6 Å². The highest BCUT2D eigenvalue weighted by Crippen LogP contribution is 2.67. The summed E-state index contributed by atoms with van der Waals surface area (Å²) >= 11 is 6.44. The van der Waals surface area contributed by atoms with Gasteiger partial charge in [0.1, 0.15) is 12.2 Å². The van der Waals surface area contributed by atoms with Crippen molar-refractivity contribution in [2.45, 2.75) is 103 Å². The van der Waals surface area contributed by atoms with Gasteiger partial charge in [-0.05, 0) is 87.1 Å². The Labute approximate surface area is 239 Å². The topological polar surface area (TPSA) is 141 Å². The molecular formula is C27H41ClN5O6P. The summed E-state index contributed by atoms with van der Waals surface area (Å²) in [7, 11) is -3.33. The van der Waals surface area contributed by atoms with Gasteiger partial charge in [-0.25, -0.2) is 4.98 Å². The molecule has 1 aliphatic heterocycles. The Hall–Kier alpha value is -1.33. The van der Waals surface area contributed by atoms with Crippen LogP contribution in [-0.4, -0.2) is 73.0 Å². The minimum Gasteiger partial charge on any atom is -0.388 e. The Bertz CT molecular complexity index is 1300. The van der Waals surface area contributed by atoms with Crippen LogP contribution < -0.4 is 5.32 Å². The standard InChI is InChI=1S/C27H41ClN5O6P/c1-5-37-40(36,38-6-2)8-7-17-19(34)20(35)23(39-17)33-15-29-18-21(30-24(28)31-22(18)33)32-27-11-16-9-25(3,13-27)12-26(4,10-16)14-27/h15-17,19-20,23,34-35H,5-14H2,1-4H3,(H,30,31,32)/t16-,17-,19?,20?,23-,25+,26-,27-/m1/s1. The molecule has 5 aliphatic rings. The largest absolute Gasteiger partial charge is 0.388 e. The zero-order chi connectivity index (χ0) is 28.5. The van der Waals surface area contributed by atoms with E-state index in [1.807, 2.05) is 0 Å². The number of nitrogens with zero attached hydrogens (tertiary/aromatic N) is 4. The molecule has 1 saturated heterocycles. The normalized spacial score (nSPS) is 38.9. The summed E-state index contributed by atoms with van der Waals surface area (Å²) in [5, 5.41) is 25.6. The van der Waals surface area contributed by atoms with Crippen LogP contribution in [0.1, 0.15) is 78.9 Å². The monoisotopic (exact) mass is 597 g/mol. The van der Waals surface area contributed by atoms with Crippen LogP contribution in [0.25, 0.3) is 11.2 Å². The van der Waals surface area contributed by atoms with Gasteiger partial charge in [0.2, 0.25) is 5.28 Å². The number of fused-ring (bicyclic) bond motifs is 1. The van der Waals surface area contributed by atoms with E-state index in [9.17, 15) is 14.8 Å². The van der Waals surface area contributed by atoms with Crippen LogP contribution in [0.5, 0.6) is 0 Å². The molecule has 0 aromatic carbocycles. The highest BCUT2D eigenvalue weighted by Gasteiger charge is 2.60. The third-order valence-corrected chi connectivity index (χ3v) is 11.6. The van der Waals surface area contributed by atoms with Crippen LogP contribution in [0.15, 0.2) is 6.33 Å². The first kappa shape index (κ1) is 28.8. The summed E-state index contributed by atoms with van der Waals surface area (Å²) in [6.45, 7) is 8.83. The summed E-state index contributed by atoms with van der Waals surface area (Å²) in [5.41, 5.74) is 1.52. The lowest BCUT2D eigenvalue weighted by atomic mass is 9.43. The Morgan fingerprint density at radius 1 is 1.10 bits per heavy atom. The second-order valence-corrected chi connectivity index (χ2v) is 15.7. The predicted molar refractivity (Wildman–Crippen MR) is 150 cm³/mol. The van der Waals surface area contributed by atoms with Gasteiger partial charge in [0.15, 0.2) is 23.2 Å². The molecule has 0 amide bonds. The van der Waals surface area contributed by atoms with Gasteiger partial charge >= 0.3 is 7.60 Å². The minimum absolute atomic E-state index is 0.0590. The first-order valence-electron chi connectivity index (χ1n) is 14.5. The number of rotatable bonds is 10. The molecular weight excluding hydrogens is 557 g/mol. The number of anilines is 1. The van der Waals surface area contributed by atoms with E-state index in [1.165, 1.54) is 25.6 Å². The number of ether oxygens (including phenoxy) is 1. The number of hydrogen-bond acceptors (Lipinski definition) is 10. The number of aromatic nitrogens is 4. The van der Waals surface area contributed by atoms with E-state index < -0.39 is 32.1 Å². The lowest BCUT2D eigenvalue weighted by molar-refractivity contribution is -0.0973. The SMILES string of the molecule is CCOP(=O)(CC[C@H]1O[C@@H](n2cnc3c(N[C@@]45C[C@@H]6C[C@@](C)(C[C@@](C)(C6)C4)C5)nc(Cl)nc32)C(O)C1O)OCC. The highest BCUT2D eigenvalue weighted by atomic mass is 35.5. The van der Waals surface area contributed by atoms with Crippen molar-refractivity contribution in [1.82, 2.24) is 19.5 Å². The average Bonchev–Trinajstić information content (AvgIpc) is 3.36. The van der Waals surface area contributed by atoms with Gasteiger partial charge in [0.05, 0.1) is 31.8 Å². The number of halogens is 1. The molecule has 4 bridgehead atoms. The van der Waals surface area contributed by atoms with E-state index in [2.05, 4.69) is 34.1 Å². The maximum Gasteiger partial charge on any atom is 0.330 e. The molecule has 7 rings (SSSR count). The number of nitrogens with one attached hydrogen (secondary N) is 1. The van der Waals surface area contributed by atoms with Crippen molar-refractivity contribution in [2.75, 3.05) is 24.7 Å². The molecule has 2 aromatic heterocycles. The average molecular weight is 598 g/mol. The van der Waals surface area contributed by atoms with Crippen LogP contribution >= 0.6 is 19.2 Å². The van der Waals surface area contributed by atoms with Crippen molar-refractivity contribution in [3.05, 3.63) is 11.6 Å². The molecule has 3 N–H and O–H groups in total. The fourth-order valence-corrected chi connectivity index (χ4v) is 10.9. The summed E-state index contributed by atoms with van der Waals surface area (Å²) in [5.74, 6) is 1.28. The van der Waals surface area contributed by atoms with Gasteiger partial charge < -0.3 is 29.3 Å². The van der Waals surface area contributed by atoms with Gasteiger partial charge in [0.25, 0.3) is 0 Å². The predicted octanol–water partition coefficient (Wildman–Crippen LogP) is 4.92. The van der Waals surface area contributed by atoms with E-state index in [4.69, 9.17) is 25.4 Å². The summed E-state index contributed by atoms with van der Waals surface area (Å²) in [6, 6.07) is 0. The highest BCUT2D eigenvalue weighted by molar-refractivity contribution is 7.53. The van der Waals surface area contributed by atoms with E-state index in [0.717, 1.165) is 19.3 Å². The molecule has 40 heavy (non-hydrogen) atoms. The Balaban J connectivity index is 1.25. The molecule has 3 heterocycles. The molecule has 4 saturated carbocycles. The second kappa shape index (κ2) is 10.1. The number of imidazole rings is 1. The van der Waals surface area contributed by atoms with Gasteiger partial charge in [-0.2, -0.15) is 9.97 Å². The van der Waals surface area contributed by atoms with Crippen molar-refractivity contribution >= 4 is 36.2 Å². The summed E-state index contributed by atoms with van der Waals surface area (Å²) in [6.07, 6.45) is 4.68. The molecule has 0 radical (unpaired) electrons. The van der Waals surface area contributed by atoms with Crippen LogP contribution in [0.2, 0.25) is 5.28 Å². The zero-order valence-electron chi connectivity index (χ0n) is 23.7. The Morgan fingerprint density at radius 3 is 2.40 bits per heavy atom. The molecule has 4 aliphatic carbocycles. The van der Waals surface area contributed by atoms with Gasteiger partial charge in [-0.1, -0.05) is 13.8 Å². The number of hydrogen-bond donors (Lipinski definition) is 3. The molecule has 8 atom stereocenters. The molecule has 13 heteroatoms. The fourth-order valence-electron chi connectivity index (χ4n) is 9.04. The van der Waals surface area contributed by atoms with Crippen molar-refractivity contribution in [3.63, 3.8) is 0 Å². The fraction of sp³-hybridized carbons (Fsp3) is 0.815. The third-order valence-electron chi connectivity index (χ3n) is 9.35. The quantitative estimate of drug-likeness (QED) is 0.255.